The molecule has 2 N–H and O–H groups in total. The van der Waals surface area contributed by atoms with Crippen LogP contribution in [0.5, 0.6) is 0 Å². The van der Waals surface area contributed by atoms with Crippen LogP contribution in [0.3, 0.4) is 0 Å². The van der Waals surface area contributed by atoms with E-state index < -0.39 is 48.7 Å². The molecule has 0 bridgehead atoms. The van der Waals surface area contributed by atoms with E-state index >= 15 is 0 Å². The first-order valence-electron chi connectivity index (χ1n) is 13.1. The molecule has 0 spiro atoms. The summed E-state index contributed by atoms with van der Waals surface area (Å²) in [6.45, 7) is 4.79. The molecule has 2 saturated heterocycles. The second kappa shape index (κ2) is 10.8. The van der Waals surface area contributed by atoms with Crippen molar-refractivity contribution in [1.29, 1.82) is 0 Å². The number of piperidine rings is 2. The largest absolute Gasteiger partial charge is 0.389 e. The lowest BCUT2D eigenvalue weighted by molar-refractivity contribution is -0.149. The quantitative estimate of drug-likeness (QED) is 0.504. The summed E-state index contributed by atoms with van der Waals surface area (Å²) in [4.78, 5) is 53.4. The highest BCUT2D eigenvalue weighted by molar-refractivity contribution is 6.25. The molecule has 1 atom stereocenters. The SMILES string of the molecule is C=C1CCC(N2C(=O)c3cccc(NCc4cnn(C5CCN(C(=O)CCC(F)(F)F)CC5)c4)c3C2=O)C(=O)N1. The zero-order valence-corrected chi connectivity index (χ0v) is 21.7. The van der Waals surface area contributed by atoms with E-state index in [1.165, 1.54) is 4.90 Å². The van der Waals surface area contributed by atoms with Crippen molar-refractivity contribution in [2.24, 2.45) is 0 Å². The Kier molecular flexibility index (Phi) is 7.39. The number of carbonyl (C=O) groups excluding carboxylic acids is 4. The van der Waals surface area contributed by atoms with Crippen LogP contribution < -0.4 is 10.6 Å². The van der Waals surface area contributed by atoms with Gasteiger partial charge in [-0.1, -0.05) is 12.6 Å². The smallest absolute Gasteiger partial charge is 0.380 e. The summed E-state index contributed by atoms with van der Waals surface area (Å²) in [6.07, 6.45) is -0.529. The molecule has 40 heavy (non-hydrogen) atoms. The van der Waals surface area contributed by atoms with Crippen molar-refractivity contribution in [3.05, 3.63) is 59.6 Å². The fourth-order valence-electron chi connectivity index (χ4n) is 5.39. The van der Waals surface area contributed by atoms with Gasteiger partial charge in [0, 0.05) is 49.2 Å². The minimum Gasteiger partial charge on any atom is -0.380 e. The maximum absolute atomic E-state index is 13.3. The molecule has 2 fully saturated rings. The third kappa shape index (κ3) is 5.58. The summed E-state index contributed by atoms with van der Waals surface area (Å²) in [5.74, 6) is -1.95. The van der Waals surface area contributed by atoms with E-state index in [-0.39, 0.29) is 17.2 Å². The van der Waals surface area contributed by atoms with Gasteiger partial charge in [0.15, 0.2) is 0 Å². The standard InChI is InChI=1S/C27H29F3N6O4/c1-16-5-6-21(24(38)33-16)36-25(39)19-3-2-4-20(23(19)26(36)40)31-13-17-14-32-35(15-17)18-8-11-34(12-9-18)22(37)7-10-27(28,29)30/h2-4,14-15,18,21,31H,1,5-13H2,(H,33,38). The number of alkyl halides is 3. The number of allylic oxidation sites excluding steroid dienone is 1. The Bertz CT molecular complexity index is 1360. The average molecular weight is 559 g/mol. The van der Waals surface area contributed by atoms with Crippen molar-refractivity contribution in [2.45, 2.75) is 63.3 Å². The number of hydrogen-bond donors (Lipinski definition) is 2. The highest BCUT2D eigenvalue weighted by atomic mass is 19.4. The van der Waals surface area contributed by atoms with Gasteiger partial charge >= 0.3 is 6.18 Å². The van der Waals surface area contributed by atoms with Crippen LogP contribution in [0.15, 0.2) is 42.9 Å². The number of nitrogens with one attached hydrogen (secondary N) is 2. The molecule has 1 aromatic heterocycles. The highest BCUT2D eigenvalue weighted by Crippen LogP contribution is 2.33. The molecule has 4 amide bonds. The maximum atomic E-state index is 13.3. The Morgan fingerprint density at radius 1 is 1.12 bits per heavy atom. The average Bonchev–Trinajstić information content (AvgIpc) is 3.49. The summed E-state index contributed by atoms with van der Waals surface area (Å²) in [5.41, 5.74) is 2.30. The predicted octanol–water partition coefficient (Wildman–Crippen LogP) is 3.39. The molecule has 2 aromatic rings. The van der Waals surface area contributed by atoms with Gasteiger partial charge in [0.2, 0.25) is 11.8 Å². The highest BCUT2D eigenvalue weighted by Gasteiger charge is 2.45. The molecule has 13 heteroatoms. The Morgan fingerprint density at radius 3 is 2.58 bits per heavy atom. The van der Waals surface area contributed by atoms with Gasteiger partial charge in [-0.2, -0.15) is 18.3 Å². The minimum atomic E-state index is -4.35. The van der Waals surface area contributed by atoms with Crippen LogP contribution >= 0.6 is 0 Å². The first kappa shape index (κ1) is 27.4. The molecule has 0 aliphatic carbocycles. The van der Waals surface area contributed by atoms with Crippen molar-refractivity contribution < 1.29 is 32.3 Å². The van der Waals surface area contributed by atoms with Gasteiger partial charge in [-0.15, -0.1) is 0 Å². The summed E-state index contributed by atoms with van der Waals surface area (Å²) in [7, 11) is 0. The lowest BCUT2D eigenvalue weighted by Gasteiger charge is -2.32. The topological polar surface area (TPSA) is 117 Å². The number of hydrogen-bond acceptors (Lipinski definition) is 6. The number of fused-ring (bicyclic) bond motifs is 1. The molecule has 3 aliphatic heterocycles. The molecule has 212 valence electrons. The maximum Gasteiger partial charge on any atom is 0.389 e. The number of halogens is 3. The van der Waals surface area contributed by atoms with Gasteiger partial charge in [0.1, 0.15) is 6.04 Å². The first-order chi connectivity index (χ1) is 19.0. The van der Waals surface area contributed by atoms with Crippen LogP contribution in [-0.4, -0.2) is 68.5 Å². The van der Waals surface area contributed by atoms with Gasteiger partial charge in [-0.05, 0) is 37.8 Å². The number of likely N-dealkylation sites (tertiary alicyclic amines) is 1. The fraction of sp³-hybridized carbons (Fsp3) is 0.444. The molecule has 0 radical (unpaired) electrons. The van der Waals surface area contributed by atoms with E-state index in [4.69, 9.17) is 0 Å². The summed E-state index contributed by atoms with van der Waals surface area (Å²) in [5, 5.41) is 10.2. The summed E-state index contributed by atoms with van der Waals surface area (Å²) >= 11 is 0. The minimum absolute atomic E-state index is 0.00636. The molecule has 1 aromatic carbocycles. The van der Waals surface area contributed by atoms with Gasteiger partial charge in [0.25, 0.3) is 11.8 Å². The van der Waals surface area contributed by atoms with Crippen molar-refractivity contribution >= 4 is 29.3 Å². The lowest BCUT2D eigenvalue weighted by atomic mass is 10.0. The first-order valence-corrected chi connectivity index (χ1v) is 13.1. The Morgan fingerprint density at radius 2 is 1.88 bits per heavy atom. The van der Waals surface area contributed by atoms with Crippen LogP contribution in [-0.2, 0) is 16.1 Å². The third-order valence-corrected chi connectivity index (χ3v) is 7.53. The van der Waals surface area contributed by atoms with Crippen LogP contribution in [0.4, 0.5) is 18.9 Å². The molecular formula is C27H29F3N6O4. The number of benzene rings is 1. The van der Waals surface area contributed by atoms with Crippen LogP contribution in [0.2, 0.25) is 0 Å². The summed E-state index contributed by atoms with van der Waals surface area (Å²) < 4.78 is 39.1. The number of carbonyl (C=O) groups is 4. The lowest BCUT2D eigenvalue weighted by Crippen LogP contribution is -2.51. The van der Waals surface area contributed by atoms with Crippen molar-refractivity contribution in [3.8, 4) is 0 Å². The summed E-state index contributed by atoms with van der Waals surface area (Å²) in [6, 6.07) is 4.05. The van der Waals surface area contributed by atoms with E-state index in [1.54, 1.807) is 29.1 Å². The van der Waals surface area contributed by atoms with Crippen LogP contribution in [0.1, 0.15) is 70.8 Å². The molecule has 4 heterocycles. The Hall–Kier alpha value is -4.16. The molecule has 3 aliphatic rings. The number of rotatable bonds is 7. The van der Waals surface area contributed by atoms with Crippen molar-refractivity contribution in [2.75, 3.05) is 18.4 Å². The third-order valence-electron chi connectivity index (χ3n) is 7.53. The number of imide groups is 1. The van der Waals surface area contributed by atoms with E-state index in [0.717, 1.165) is 10.5 Å². The van der Waals surface area contributed by atoms with Gasteiger partial charge in [0.05, 0.1) is 29.8 Å². The second-order valence-electron chi connectivity index (χ2n) is 10.3. The number of aromatic nitrogens is 2. The molecule has 10 nitrogen and oxygen atoms in total. The van der Waals surface area contributed by atoms with Crippen molar-refractivity contribution in [1.82, 2.24) is 24.9 Å². The van der Waals surface area contributed by atoms with Crippen LogP contribution in [0.25, 0.3) is 0 Å². The molecule has 5 rings (SSSR count). The van der Waals surface area contributed by atoms with Gasteiger partial charge in [-0.3, -0.25) is 28.8 Å². The number of anilines is 1. The monoisotopic (exact) mass is 558 g/mol. The Labute approximate surface area is 228 Å². The molecular weight excluding hydrogens is 529 g/mol. The zero-order valence-electron chi connectivity index (χ0n) is 21.7. The van der Waals surface area contributed by atoms with Gasteiger partial charge < -0.3 is 15.5 Å². The van der Waals surface area contributed by atoms with E-state index in [1.807, 2.05) is 6.20 Å². The zero-order chi connectivity index (χ0) is 28.6. The fourth-order valence-corrected chi connectivity index (χ4v) is 5.39. The van der Waals surface area contributed by atoms with E-state index in [0.29, 0.717) is 56.7 Å². The molecule has 0 saturated carbocycles. The van der Waals surface area contributed by atoms with Crippen molar-refractivity contribution in [3.63, 3.8) is 0 Å². The number of amides is 4. The van der Waals surface area contributed by atoms with E-state index in [9.17, 15) is 32.3 Å². The predicted molar refractivity (Wildman–Crippen MR) is 137 cm³/mol. The van der Waals surface area contributed by atoms with Gasteiger partial charge in [-0.25, -0.2) is 0 Å². The molecule has 1 unspecified atom stereocenters. The number of nitrogens with zero attached hydrogens (tertiary/aromatic N) is 4. The van der Waals surface area contributed by atoms with E-state index in [2.05, 4.69) is 22.3 Å². The van der Waals surface area contributed by atoms with Crippen LogP contribution in [0, 0.1) is 0 Å². The Balaban J connectivity index is 1.19. The normalized spacial score (nSPS) is 20.1. The second-order valence-corrected chi connectivity index (χ2v) is 10.3.